The van der Waals surface area contributed by atoms with Crippen LogP contribution < -0.4 is 15.4 Å². The van der Waals surface area contributed by atoms with Gasteiger partial charge in [0, 0.05) is 57.6 Å². The molecule has 1 unspecified atom stereocenters. The largest absolute Gasteiger partial charge is 0.573 e. The van der Waals surface area contributed by atoms with Gasteiger partial charge in [-0.15, -0.1) is 13.2 Å². The minimum Gasteiger partial charge on any atom is -0.406 e. The van der Waals surface area contributed by atoms with E-state index in [4.69, 9.17) is 4.74 Å². The molecule has 0 aromatic heterocycles. The lowest BCUT2D eigenvalue weighted by Gasteiger charge is -2.50. The first-order valence-electron chi connectivity index (χ1n) is 11.7. The Morgan fingerprint density at radius 1 is 1.23 bits per heavy atom. The molecule has 1 aromatic rings. The van der Waals surface area contributed by atoms with Crippen LogP contribution in [0.3, 0.4) is 0 Å². The zero-order chi connectivity index (χ0) is 25.2. The first kappa shape index (κ1) is 25.3. The maximum absolute atomic E-state index is 14.3. The lowest BCUT2D eigenvalue weighted by atomic mass is 9.72. The third kappa shape index (κ3) is 6.28. The smallest absolute Gasteiger partial charge is 0.406 e. The van der Waals surface area contributed by atoms with Gasteiger partial charge in [0.25, 0.3) is 0 Å². The Bertz CT molecular complexity index is 935. The van der Waals surface area contributed by atoms with Crippen molar-refractivity contribution in [1.29, 1.82) is 0 Å². The fourth-order valence-corrected chi connectivity index (χ4v) is 5.13. The molecule has 1 aromatic carbocycles. The Morgan fingerprint density at radius 2 is 1.94 bits per heavy atom. The lowest BCUT2D eigenvalue weighted by Crippen LogP contribution is -2.61. The van der Waals surface area contributed by atoms with Gasteiger partial charge in [0.05, 0.1) is 6.04 Å². The molecule has 0 radical (unpaired) electrons. The van der Waals surface area contributed by atoms with E-state index in [0.717, 1.165) is 44.2 Å². The highest BCUT2D eigenvalue weighted by Gasteiger charge is 2.47. The number of alkyl halides is 3. The number of carbonyl (C=O) groups excluding carboxylic acids is 2. The summed E-state index contributed by atoms with van der Waals surface area (Å²) >= 11 is 0. The van der Waals surface area contributed by atoms with E-state index < -0.39 is 17.9 Å². The Labute approximate surface area is 200 Å². The van der Waals surface area contributed by atoms with Crippen LogP contribution in [0.4, 0.5) is 27.2 Å². The van der Waals surface area contributed by atoms with Crippen molar-refractivity contribution >= 4 is 12.1 Å². The molecular formula is C23H30F4N4O4. The van der Waals surface area contributed by atoms with Crippen molar-refractivity contribution in [2.75, 3.05) is 33.4 Å². The molecule has 4 amide bonds. The number of nitrogens with zero attached hydrogens (tertiary/aromatic N) is 2. The van der Waals surface area contributed by atoms with Gasteiger partial charge in [-0.2, -0.15) is 0 Å². The molecule has 0 bridgehead atoms. The molecule has 1 saturated carbocycles. The summed E-state index contributed by atoms with van der Waals surface area (Å²) in [6.07, 6.45) is -0.887. The first-order valence-corrected chi connectivity index (χ1v) is 11.7. The third-order valence-electron chi connectivity index (χ3n) is 6.94. The lowest BCUT2D eigenvalue weighted by molar-refractivity contribution is -0.274. The molecule has 2 N–H and O–H groups in total. The molecular weight excluding hydrogens is 472 g/mol. The van der Waals surface area contributed by atoms with Gasteiger partial charge in [-0.05, 0) is 43.6 Å². The summed E-state index contributed by atoms with van der Waals surface area (Å²) in [5, 5.41) is 5.39. The van der Waals surface area contributed by atoms with Gasteiger partial charge in [0.1, 0.15) is 11.6 Å². The monoisotopic (exact) mass is 502 g/mol. The Balaban J connectivity index is 1.46. The second kappa shape index (κ2) is 10.1. The number of carbonyl (C=O) groups is 2. The number of rotatable bonds is 5. The second-order valence-electron chi connectivity index (χ2n) is 9.50. The van der Waals surface area contributed by atoms with Crippen LogP contribution in [0.25, 0.3) is 0 Å². The zero-order valence-electron chi connectivity index (χ0n) is 19.5. The SMILES string of the molecule is CNC(=O)N1CC(N(C(=O)NCc2ccc(OC(F)(F)F)cc2F)C2CC2)CC2(CCOCC2)C1. The number of hydrogen-bond acceptors (Lipinski definition) is 4. The number of likely N-dealkylation sites (tertiary alicyclic amines) is 1. The van der Waals surface area contributed by atoms with Gasteiger partial charge in [0.2, 0.25) is 0 Å². The quantitative estimate of drug-likeness (QED) is 0.603. The van der Waals surface area contributed by atoms with Crippen molar-refractivity contribution in [2.45, 2.75) is 57.1 Å². The predicted octanol–water partition coefficient (Wildman–Crippen LogP) is 3.61. The summed E-state index contributed by atoms with van der Waals surface area (Å²) in [7, 11) is 1.58. The summed E-state index contributed by atoms with van der Waals surface area (Å²) in [6, 6.07) is 2.06. The number of halogens is 4. The number of benzene rings is 1. The molecule has 35 heavy (non-hydrogen) atoms. The van der Waals surface area contributed by atoms with Crippen LogP contribution >= 0.6 is 0 Å². The molecule has 1 aliphatic carbocycles. The van der Waals surface area contributed by atoms with Crippen molar-refractivity contribution in [2.24, 2.45) is 5.41 Å². The van der Waals surface area contributed by atoms with Gasteiger partial charge in [-0.1, -0.05) is 6.07 Å². The van der Waals surface area contributed by atoms with Gasteiger partial charge in [-0.25, -0.2) is 14.0 Å². The molecule has 2 heterocycles. The summed E-state index contributed by atoms with van der Waals surface area (Å²) in [5.74, 6) is -1.57. The molecule has 1 spiro atoms. The Kier molecular flexibility index (Phi) is 7.30. The summed E-state index contributed by atoms with van der Waals surface area (Å²) in [6.45, 7) is 2.02. The first-order chi connectivity index (χ1) is 16.6. The highest BCUT2D eigenvalue weighted by molar-refractivity contribution is 5.76. The standard InChI is InChI=1S/C23H30F4N4O4/c1-28-20(32)30-13-17(11-22(14-30)6-8-34-9-7-22)31(16-3-4-16)21(33)29-12-15-2-5-18(10-19(15)24)35-23(25,26)27/h2,5,10,16-17H,3-4,6-9,11-14H2,1H3,(H,28,32)(H,29,33). The number of hydrogen-bond donors (Lipinski definition) is 2. The van der Waals surface area contributed by atoms with Gasteiger partial charge in [-0.3, -0.25) is 0 Å². The van der Waals surface area contributed by atoms with E-state index in [1.165, 1.54) is 0 Å². The summed E-state index contributed by atoms with van der Waals surface area (Å²) in [5.41, 5.74) is -0.0956. The molecule has 1 atom stereocenters. The number of nitrogens with one attached hydrogen (secondary N) is 2. The molecule has 3 aliphatic rings. The van der Waals surface area contributed by atoms with Gasteiger partial charge < -0.3 is 29.9 Å². The second-order valence-corrected chi connectivity index (χ2v) is 9.50. The van der Waals surface area contributed by atoms with E-state index in [1.807, 2.05) is 0 Å². The average molecular weight is 503 g/mol. The van der Waals surface area contributed by atoms with Crippen LogP contribution in [-0.2, 0) is 11.3 Å². The van der Waals surface area contributed by atoms with E-state index in [1.54, 1.807) is 16.8 Å². The van der Waals surface area contributed by atoms with Gasteiger partial charge in [0.15, 0.2) is 0 Å². The Morgan fingerprint density at radius 3 is 2.54 bits per heavy atom. The van der Waals surface area contributed by atoms with Crippen LogP contribution in [0.2, 0.25) is 0 Å². The van der Waals surface area contributed by atoms with Crippen LogP contribution in [0, 0.1) is 11.2 Å². The number of urea groups is 2. The fraction of sp³-hybridized carbons (Fsp3) is 0.652. The van der Waals surface area contributed by atoms with E-state index in [0.29, 0.717) is 32.4 Å². The van der Waals surface area contributed by atoms with Crippen LogP contribution in [0.15, 0.2) is 18.2 Å². The summed E-state index contributed by atoms with van der Waals surface area (Å²) < 4.78 is 60.7. The number of piperidine rings is 1. The molecule has 2 aliphatic heterocycles. The van der Waals surface area contributed by atoms with Crippen molar-refractivity contribution in [3.63, 3.8) is 0 Å². The minimum atomic E-state index is -4.92. The van der Waals surface area contributed by atoms with Crippen molar-refractivity contribution in [3.8, 4) is 5.75 Å². The molecule has 194 valence electrons. The summed E-state index contributed by atoms with van der Waals surface area (Å²) in [4.78, 5) is 29.3. The van der Waals surface area contributed by atoms with Crippen molar-refractivity contribution < 1.29 is 36.6 Å². The maximum Gasteiger partial charge on any atom is 0.573 e. The predicted molar refractivity (Wildman–Crippen MR) is 117 cm³/mol. The van der Waals surface area contributed by atoms with E-state index in [9.17, 15) is 27.2 Å². The van der Waals surface area contributed by atoms with Crippen molar-refractivity contribution in [3.05, 3.63) is 29.6 Å². The van der Waals surface area contributed by atoms with Crippen molar-refractivity contribution in [1.82, 2.24) is 20.4 Å². The molecule has 8 nitrogen and oxygen atoms in total. The molecule has 2 saturated heterocycles. The van der Waals surface area contributed by atoms with Gasteiger partial charge >= 0.3 is 18.4 Å². The highest BCUT2D eigenvalue weighted by Crippen LogP contribution is 2.42. The number of amides is 4. The molecule has 12 heteroatoms. The molecule has 3 fully saturated rings. The zero-order valence-corrected chi connectivity index (χ0v) is 19.5. The third-order valence-corrected chi connectivity index (χ3v) is 6.94. The van der Waals surface area contributed by atoms with Crippen LogP contribution in [0.5, 0.6) is 5.75 Å². The van der Waals surface area contributed by atoms with Crippen LogP contribution in [0.1, 0.15) is 37.7 Å². The number of ether oxygens (including phenoxy) is 2. The van der Waals surface area contributed by atoms with E-state index in [-0.39, 0.29) is 41.7 Å². The highest BCUT2D eigenvalue weighted by atomic mass is 19.4. The maximum atomic E-state index is 14.3. The topological polar surface area (TPSA) is 83.1 Å². The minimum absolute atomic E-state index is 0.0361. The molecule has 4 rings (SSSR count). The normalized spacial score (nSPS) is 22.0. The van der Waals surface area contributed by atoms with E-state index >= 15 is 0 Å². The van der Waals surface area contributed by atoms with E-state index in [2.05, 4.69) is 15.4 Å². The van der Waals surface area contributed by atoms with Crippen LogP contribution in [-0.4, -0.2) is 73.7 Å². The average Bonchev–Trinajstić information content (AvgIpc) is 3.62. The fourth-order valence-electron chi connectivity index (χ4n) is 5.13. The Hall–Kier alpha value is -2.76.